The number of aryl methyl sites for hydroxylation is 1. The summed E-state index contributed by atoms with van der Waals surface area (Å²) in [5, 5.41) is 8.94. The van der Waals surface area contributed by atoms with E-state index in [1.54, 1.807) is 12.1 Å². The molecule has 0 unspecified atom stereocenters. The Morgan fingerprint density at radius 2 is 1.85 bits per heavy atom. The normalized spacial score (nSPS) is 10.7. The van der Waals surface area contributed by atoms with Crippen LogP contribution >= 0.6 is 0 Å². The molecule has 102 valence electrons. The molecule has 3 nitrogen and oxygen atoms in total. The van der Waals surface area contributed by atoms with E-state index in [-0.39, 0.29) is 6.61 Å². The minimum absolute atomic E-state index is 0.0132. The number of rotatable bonds is 4. The van der Waals surface area contributed by atoms with Gasteiger partial charge in [-0.05, 0) is 35.8 Å². The van der Waals surface area contributed by atoms with Crippen molar-refractivity contribution in [2.24, 2.45) is 0 Å². The third-order valence-electron chi connectivity index (χ3n) is 2.88. The Bertz CT molecular complexity index is 612. The Labute approximate surface area is 118 Å². The van der Waals surface area contributed by atoms with Crippen LogP contribution in [0.2, 0.25) is 0 Å². The van der Waals surface area contributed by atoms with Crippen molar-refractivity contribution in [2.75, 3.05) is 0 Å². The molecule has 0 aliphatic carbocycles. The third-order valence-corrected chi connectivity index (χ3v) is 2.88. The van der Waals surface area contributed by atoms with Gasteiger partial charge >= 0.3 is 5.97 Å². The van der Waals surface area contributed by atoms with Gasteiger partial charge in [0.2, 0.25) is 0 Å². The SMILES string of the molecule is Cc1ccccc1OC(=O)/C=C/c1ccc(CO)cc1. The fourth-order valence-electron chi connectivity index (χ4n) is 1.71. The van der Waals surface area contributed by atoms with Gasteiger partial charge in [0, 0.05) is 6.08 Å². The van der Waals surface area contributed by atoms with Crippen LogP contribution in [0.25, 0.3) is 6.08 Å². The first-order valence-corrected chi connectivity index (χ1v) is 6.34. The van der Waals surface area contributed by atoms with Crippen molar-refractivity contribution in [3.8, 4) is 5.75 Å². The Balaban J connectivity index is 2.00. The van der Waals surface area contributed by atoms with Crippen LogP contribution in [0.5, 0.6) is 5.75 Å². The van der Waals surface area contributed by atoms with Crippen LogP contribution in [-0.4, -0.2) is 11.1 Å². The molecule has 0 saturated heterocycles. The van der Waals surface area contributed by atoms with Crippen molar-refractivity contribution in [1.29, 1.82) is 0 Å². The molecule has 0 fully saturated rings. The number of hydrogen-bond acceptors (Lipinski definition) is 3. The zero-order valence-electron chi connectivity index (χ0n) is 11.2. The minimum atomic E-state index is -0.412. The van der Waals surface area contributed by atoms with Crippen molar-refractivity contribution < 1.29 is 14.6 Å². The van der Waals surface area contributed by atoms with Gasteiger partial charge < -0.3 is 9.84 Å². The van der Waals surface area contributed by atoms with Gasteiger partial charge in [0.1, 0.15) is 5.75 Å². The molecule has 2 aromatic carbocycles. The van der Waals surface area contributed by atoms with E-state index in [4.69, 9.17) is 9.84 Å². The molecular formula is C17H16O3. The molecule has 0 radical (unpaired) electrons. The first-order valence-electron chi connectivity index (χ1n) is 6.34. The Kier molecular flexibility index (Phi) is 4.69. The number of carbonyl (C=O) groups is 1. The van der Waals surface area contributed by atoms with Gasteiger partial charge in [-0.3, -0.25) is 0 Å². The summed E-state index contributed by atoms with van der Waals surface area (Å²) in [6.07, 6.45) is 3.07. The molecule has 1 N–H and O–H groups in total. The van der Waals surface area contributed by atoms with Crippen LogP contribution in [-0.2, 0) is 11.4 Å². The van der Waals surface area contributed by atoms with Crippen LogP contribution in [0.1, 0.15) is 16.7 Å². The number of benzene rings is 2. The van der Waals surface area contributed by atoms with Crippen LogP contribution in [0.3, 0.4) is 0 Å². The van der Waals surface area contributed by atoms with Gasteiger partial charge in [-0.25, -0.2) is 4.79 Å². The number of para-hydroxylation sites is 1. The van der Waals surface area contributed by atoms with Crippen LogP contribution < -0.4 is 4.74 Å². The number of hydrogen-bond donors (Lipinski definition) is 1. The molecule has 0 amide bonds. The quantitative estimate of drug-likeness (QED) is 0.526. The smallest absolute Gasteiger partial charge is 0.336 e. The standard InChI is InChI=1S/C17H16O3/c1-13-4-2-3-5-16(13)20-17(19)11-10-14-6-8-15(12-18)9-7-14/h2-11,18H,12H2,1H3/b11-10+. The highest BCUT2D eigenvalue weighted by Gasteiger charge is 2.02. The first-order chi connectivity index (χ1) is 9.69. The van der Waals surface area contributed by atoms with Crippen molar-refractivity contribution in [1.82, 2.24) is 0 Å². The Morgan fingerprint density at radius 3 is 2.50 bits per heavy atom. The van der Waals surface area contributed by atoms with E-state index < -0.39 is 5.97 Å². The van der Waals surface area contributed by atoms with Crippen molar-refractivity contribution >= 4 is 12.0 Å². The molecule has 0 bridgehead atoms. The summed E-state index contributed by atoms with van der Waals surface area (Å²) in [5.41, 5.74) is 2.63. The molecule has 2 aromatic rings. The van der Waals surface area contributed by atoms with Gasteiger partial charge in [-0.1, -0.05) is 42.5 Å². The fourth-order valence-corrected chi connectivity index (χ4v) is 1.71. The van der Waals surface area contributed by atoms with Gasteiger partial charge in [0.15, 0.2) is 0 Å². The van der Waals surface area contributed by atoms with E-state index in [1.807, 2.05) is 49.4 Å². The monoisotopic (exact) mass is 268 g/mol. The summed E-state index contributed by atoms with van der Waals surface area (Å²) >= 11 is 0. The molecule has 0 saturated carbocycles. The van der Waals surface area contributed by atoms with E-state index >= 15 is 0 Å². The molecule has 0 aliphatic rings. The highest BCUT2D eigenvalue weighted by Crippen LogP contribution is 2.16. The van der Waals surface area contributed by atoms with Crippen molar-refractivity contribution in [3.63, 3.8) is 0 Å². The average Bonchev–Trinajstić information content (AvgIpc) is 2.48. The van der Waals surface area contributed by atoms with Gasteiger partial charge in [0.25, 0.3) is 0 Å². The van der Waals surface area contributed by atoms with Crippen LogP contribution in [0.4, 0.5) is 0 Å². The second-order valence-corrected chi connectivity index (χ2v) is 4.42. The molecule has 2 rings (SSSR count). The average molecular weight is 268 g/mol. The topological polar surface area (TPSA) is 46.5 Å². The fraction of sp³-hybridized carbons (Fsp3) is 0.118. The van der Waals surface area contributed by atoms with Crippen LogP contribution in [0.15, 0.2) is 54.6 Å². The van der Waals surface area contributed by atoms with E-state index in [9.17, 15) is 4.79 Å². The Morgan fingerprint density at radius 1 is 1.15 bits per heavy atom. The van der Waals surface area contributed by atoms with Gasteiger partial charge in [0.05, 0.1) is 6.61 Å². The van der Waals surface area contributed by atoms with E-state index in [1.165, 1.54) is 6.08 Å². The summed E-state index contributed by atoms with van der Waals surface area (Å²) in [7, 11) is 0. The second-order valence-electron chi connectivity index (χ2n) is 4.42. The number of aliphatic hydroxyl groups excluding tert-OH is 1. The molecular weight excluding hydrogens is 252 g/mol. The third kappa shape index (κ3) is 3.80. The largest absolute Gasteiger partial charge is 0.423 e. The lowest BCUT2D eigenvalue weighted by Gasteiger charge is -2.04. The highest BCUT2D eigenvalue weighted by atomic mass is 16.5. The van der Waals surface area contributed by atoms with Crippen LogP contribution in [0, 0.1) is 6.92 Å². The molecule has 0 spiro atoms. The second kappa shape index (κ2) is 6.68. The summed E-state index contributed by atoms with van der Waals surface area (Å²) in [6, 6.07) is 14.7. The summed E-state index contributed by atoms with van der Waals surface area (Å²) in [6.45, 7) is 1.90. The lowest BCUT2D eigenvalue weighted by atomic mass is 10.1. The summed E-state index contributed by atoms with van der Waals surface area (Å²) in [4.78, 5) is 11.7. The van der Waals surface area contributed by atoms with Crippen molar-refractivity contribution in [2.45, 2.75) is 13.5 Å². The number of ether oxygens (including phenoxy) is 1. The Hall–Kier alpha value is -2.39. The zero-order valence-corrected chi connectivity index (χ0v) is 11.2. The molecule has 0 aromatic heterocycles. The number of carbonyl (C=O) groups excluding carboxylic acids is 1. The highest BCUT2D eigenvalue weighted by molar-refractivity contribution is 5.88. The lowest BCUT2D eigenvalue weighted by molar-refractivity contribution is -0.128. The summed E-state index contributed by atoms with van der Waals surface area (Å²) in [5.74, 6) is 0.156. The maximum absolute atomic E-state index is 11.7. The predicted molar refractivity (Wildman–Crippen MR) is 78.2 cm³/mol. The molecule has 20 heavy (non-hydrogen) atoms. The van der Waals surface area contributed by atoms with E-state index in [0.717, 1.165) is 16.7 Å². The van der Waals surface area contributed by atoms with Gasteiger partial charge in [-0.2, -0.15) is 0 Å². The van der Waals surface area contributed by atoms with Crippen molar-refractivity contribution in [3.05, 3.63) is 71.3 Å². The maximum atomic E-state index is 11.7. The minimum Gasteiger partial charge on any atom is -0.423 e. The molecule has 0 aliphatic heterocycles. The van der Waals surface area contributed by atoms with E-state index in [0.29, 0.717) is 5.75 Å². The molecule has 0 heterocycles. The van der Waals surface area contributed by atoms with E-state index in [2.05, 4.69) is 0 Å². The number of esters is 1. The number of aliphatic hydroxyl groups is 1. The van der Waals surface area contributed by atoms with Gasteiger partial charge in [-0.15, -0.1) is 0 Å². The predicted octanol–water partition coefficient (Wildman–Crippen LogP) is 3.11. The summed E-state index contributed by atoms with van der Waals surface area (Å²) < 4.78 is 5.25. The molecule has 3 heteroatoms. The zero-order chi connectivity index (χ0) is 14.4. The molecule has 0 atom stereocenters. The maximum Gasteiger partial charge on any atom is 0.336 e. The lowest BCUT2D eigenvalue weighted by Crippen LogP contribution is -2.04. The first kappa shape index (κ1) is 14.0.